The van der Waals surface area contributed by atoms with Crippen LogP contribution in [0, 0.1) is 5.92 Å². The van der Waals surface area contributed by atoms with E-state index in [1.54, 1.807) is 10.9 Å². The number of hydrogen-bond acceptors (Lipinski definition) is 4. The summed E-state index contributed by atoms with van der Waals surface area (Å²) in [5.41, 5.74) is 2.53. The second-order valence-corrected chi connectivity index (χ2v) is 7.74. The Labute approximate surface area is 178 Å². The first-order chi connectivity index (χ1) is 14.5. The number of urea groups is 1. The fraction of sp³-hybridized carbons (Fsp3) is 0.238. The summed E-state index contributed by atoms with van der Waals surface area (Å²) < 4.78 is 3.63. The van der Waals surface area contributed by atoms with Gasteiger partial charge in [0.25, 0.3) is 0 Å². The SMILES string of the molecule is CC(C)C(NC(=O)NCc1cnn(-c2ccc(Cl)cc2)c1)c1nnc2ccccn12. The molecule has 2 N–H and O–H groups in total. The van der Waals surface area contributed by atoms with Crippen LogP contribution in [0.5, 0.6) is 0 Å². The minimum Gasteiger partial charge on any atom is -0.334 e. The van der Waals surface area contributed by atoms with Crippen LogP contribution in [-0.4, -0.2) is 30.4 Å². The van der Waals surface area contributed by atoms with Gasteiger partial charge in [0.1, 0.15) is 0 Å². The van der Waals surface area contributed by atoms with E-state index in [-0.39, 0.29) is 18.0 Å². The van der Waals surface area contributed by atoms with Crippen molar-refractivity contribution in [3.63, 3.8) is 0 Å². The Morgan fingerprint density at radius 2 is 1.93 bits per heavy atom. The van der Waals surface area contributed by atoms with Crippen LogP contribution in [-0.2, 0) is 6.54 Å². The van der Waals surface area contributed by atoms with Crippen molar-refractivity contribution < 1.29 is 4.79 Å². The van der Waals surface area contributed by atoms with Crippen LogP contribution < -0.4 is 10.6 Å². The van der Waals surface area contributed by atoms with Crippen molar-refractivity contribution in [3.05, 3.63) is 77.5 Å². The van der Waals surface area contributed by atoms with Crippen LogP contribution >= 0.6 is 11.6 Å². The highest BCUT2D eigenvalue weighted by Crippen LogP contribution is 2.20. The molecule has 0 saturated heterocycles. The second-order valence-electron chi connectivity index (χ2n) is 7.31. The van der Waals surface area contributed by atoms with E-state index in [9.17, 15) is 4.79 Å². The third-order valence-electron chi connectivity index (χ3n) is 4.75. The lowest BCUT2D eigenvalue weighted by Crippen LogP contribution is -2.40. The number of halogens is 1. The van der Waals surface area contributed by atoms with E-state index in [0.717, 1.165) is 16.9 Å². The monoisotopic (exact) mass is 423 g/mol. The number of nitrogens with one attached hydrogen (secondary N) is 2. The molecule has 0 spiro atoms. The lowest BCUT2D eigenvalue weighted by atomic mass is 10.0. The molecule has 4 aromatic rings. The number of rotatable bonds is 6. The first kappa shape index (κ1) is 19.9. The third kappa shape index (κ3) is 4.28. The molecule has 154 valence electrons. The standard InChI is InChI=1S/C21H22ClN7O/c1-14(2)19(20-27-26-18-5-3-4-10-28(18)20)25-21(30)23-11-15-12-24-29(13-15)17-8-6-16(22)7-9-17/h3-10,12-14,19H,11H2,1-2H3,(H2,23,25,30). The number of fused-ring (bicyclic) bond motifs is 1. The summed E-state index contributed by atoms with van der Waals surface area (Å²) in [5, 5.41) is 19.4. The van der Waals surface area contributed by atoms with E-state index < -0.39 is 0 Å². The van der Waals surface area contributed by atoms with Crippen LogP contribution in [0.2, 0.25) is 5.02 Å². The Kier molecular flexibility index (Phi) is 5.67. The Hall–Kier alpha value is -3.39. The van der Waals surface area contributed by atoms with Gasteiger partial charge in [0, 0.05) is 29.5 Å². The molecule has 0 fully saturated rings. The number of carbonyl (C=O) groups excluding carboxylic acids is 1. The van der Waals surface area contributed by atoms with Crippen LogP contribution in [0.15, 0.2) is 61.1 Å². The van der Waals surface area contributed by atoms with E-state index in [2.05, 4.69) is 25.9 Å². The van der Waals surface area contributed by atoms with E-state index in [0.29, 0.717) is 17.4 Å². The fourth-order valence-corrected chi connectivity index (χ4v) is 3.29. The quantitative estimate of drug-likeness (QED) is 0.494. The molecule has 0 radical (unpaired) electrons. The number of carbonyl (C=O) groups is 1. The van der Waals surface area contributed by atoms with Crippen molar-refractivity contribution in [1.82, 2.24) is 35.0 Å². The number of pyridine rings is 1. The fourth-order valence-electron chi connectivity index (χ4n) is 3.16. The molecule has 0 bridgehead atoms. The molecule has 0 aliphatic rings. The van der Waals surface area contributed by atoms with Crippen LogP contribution in [0.25, 0.3) is 11.3 Å². The number of nitrogens with zero attached hydrogens (tertiary/aromatic N) is 5. The van der Waals surface area contributed by atoms with Gasteiger partial charge in [0.2, 0.25) is 0 Å². The van der Waals surface area contributed by atoms with Gasteiger partial charge >= 0.3 is 6.03 Å². The molecule has 0 aliphatic heterocycles. The Morgan fingerprint density at radius 3 is 2.70 bits per heavy atom. The van der Waals surface area contributed by atoms with E-state index >= 15 is 0 Å². The van der Waals surface area contributed by atoms with Gasteiger partial charge in [0.15, 0.2) is 11.5 Å². The van der Waals surface area contributed by atoms with Crippen molar-refractivity contribution in [1.29, 1.82) is 0 Å². The Bertz CT molecular complexity index is 1150. The molecule has 8 nitrogen and oxygen atoms in total. The van der Waals surface area contributed by atoms with Crippen LogP contribution in [0.4, 0.5) is 4.79 Å². The largest absolute Gasteiger partial charge is 0.334 e. The average Bonchev–Trinajstić information content (AvgIpc) is 3.38. The summed E-state index contributed by atoms with van der Waals surface area (Å²) >= 11 is 5.93. The summed E-state index contributed by atoms with van der Waals surface area (Å²) in [7, 11) is 0. The molecule has 1 aromatic carbocycles. The molecule has 1 unspecified atom stereocenters. The smallest absolute Gasteiger partial charge is 0.315 e. The lowest BCUT2D eigenvalue weighted by Gasteiger charge is -2.21. The number of benzene rings is 1. The molecular weight excluding hydrogens is 402 g/mol. The maximum atomic E-state index is 12.6. The maximum absolute atomic E-state index is 12.6. The number of hydrogen-bond donors (Lipinski definition) is 2. The average molecular weight is 424 g/mol. The predicted octanol–water partition coefficient (Wildman–Crippen LogP) is 3.76. The normalized spacial score (nSPS) is 12.3. The van der Waals surface area contributed by atoms with Crippen molar-refractivity contribution in [2.45, 2.75) is 26.4 Å². The van der Waals surface area contributed by atoms with Gasteiger partial charge in [-0.05, 0) is 42.3 Å². The molecule has 3 heterocycles. The summed E-state index contributed by atoms with van der Waals surface area (Å²) in [5.74, 6) is 0.835. The molecule has 2 amide bonds. The molecule has 1 atom stereocenters. The van der Waals surface area contributed by atoms with Crippen LogP contribution in [0.3, 0.4) is 0 Å². The van der Waals surface area contributed by atoms with Gasteiger partial charge in [-0.25, -0.2) is 9.48 Å². The highest BCUT2D eigenvalue weighted by atomic mass is 35.5. The highest BCUT2D eigenvalue weighted by molar-refractivity contribution is 6.30. The maximum Gasteiger partial charge on any atom is 0.315 e. The Morgan fingerprint density at radius 1 is 1.13 bits per heavy atom. The predicted molar refractivity (Wildman–Crippen MR) is 115 cm³/mol. The van der Waals surface area contributed by atoms with Crippen molar-refractivity contribution >= 4 is 23.3 Å². The van der Waals surface area contributed by atoms with Gasteiger partial charge in [-0.2, -0.15) is 5.10 Å². The van der Waals surface area contributed by atoms with E-state index in [1.807, 2.05) is 73.1 Å². The summed E-state index contributed by atoms with van der Waals surface area (Å²) in [4.78, 5) is 12.6. The van der Waals surface area contributed by atoms with Crippen molar-refractivity contribution in [2.24, 2.45) is 5.92 Å². The van der Waals surface area contributed by atoms with Crippen molar-refractivity contribution in [3.8, 4) is 5.69 Å². The molecule has 0 saturated carbocycles. The van der Waals surface area contributed by atoms with E-state index in [4.69, 9.17) is 11.6 Å². The minimum absolute atomic E-state index is 0.135. The topological polar surface area (TPSA) is 89.1 Å². The zero-order chi connectivity index (χ0) is 21.1. The van der Waals surface area contributed by atoms with Gasteiger partial charge < -0.3 is 10.6 Å². The zero-order valence-electron chi connectivity index (χ0n) is 16.7. The molecule has 9 heteroatoms. The summed E-state index contributed by atoms with van der Waals surface area (Å²) in [6, 6.07) is 12.5. The molecule has 30 heavy (non-hydrogen) atoms. The van der Waals surface area contributed by atoms with E-state index in [1.165, 1.54) is 0 Å². The van der Waals surface area contributed by atoms with Gasteiger partial charge in [0.05, 0.1) is 17.9 Å². The first-order valence-corrected chi connectivity index (χ1v) is 10.0. The lowest BCUT2D eigenvalue weighted by molar-refractivity contribution is 0.231. The van der Waals surface area contributed by atoms with Crippen LogP contribution in [0.1, 0.15) is 31.3 Å². The van der Waals surface area contributed by atoms with Gasteiger partial charge in [-0.15, -0.1) is 10.2 Å². The highest BCUT2D eigenvalue weighted by Gasteiger charge is 2.23. The first-order valence-electron chi connectivity index (χ1n) is 9.65. The molecular formula is C21H22ClN7O. The number of aromatic nitrogens is 5. The molecule has 0 aliphatic carbocycles. The second kappa shape index (κ2) is 8.54. The minimum atomic E-state index is -0.279. The van der Waals surface area contributed by atoms with Gasteiger partial charge in [-0.1, -0.05) is 31.5 Å². The van der Waals surface area contributed by atoms with Gasteiger partial charge in [-0.3, -0.25) is 4.40 Å². The third-order valence-corrected chi connectivity index (χ3v) is 5.00. The summed E-state index contributed by atoms with van der Waals surface area (Å²) in [6.45, 7) is 4.42. The zero-order valence-corrected chi connectivity index (χ0v) is 17.4. The summed E-state index contributed by atoms with van der Waals surface area (Å²) in [6.07, 6.45) is 5.49. The van der Waals surface area contributed by atoms with Crippen molar-refractivity contribution in [2.75, 3.05) is 0 Å². The number of amides is 2. The molecule has 4 rings (SSSR count). The molecule has 3 aromatic heterocycles. The Balaban J connectivity index is 1.40.